The molecule has 3 fully saturated rings. The summed E-state index contributed by atoms with van der Waals surface area (Å²) in [5.41, 5.74) is 1.63. The van der Waals surface area contributed by atoms with E-state index in [4.69, 9.17) is 0 Å². The second kappa shape index (κ2) is 8.23. The molecular formula is C24H38N2O. The fraction of sp³-hybridized carbons (Fsp3) is 0.750. The van der Waals surface area contributed by atoms with Crippen molar-refractivity contribution in [1.82, 2.24) is 10.2 Å². The first-order chi connectivity index (χ1) is 13.1. The average Bonchev–Trinajstić information content (AvgIpc) is 2.67. The van der Waals surface area contributed by atoms with Crippen LogP contribution in [0.5, 0.6) is 0 Å². The number of rotatable bonds is 7. The van der Waals surface area contributed by atoms with Crippen molar-refractivity contribution in [3.8, 4) is 0 Å². The second-order valence-electron chi connectivity index (χ2n) is 9.82. The van der Waals surface area contributed by atoms with Crippen LogP contribution in [-0.4, -0.2) is 41.8 Å². The Labute approximate surface area is 165 Å². The lowest BCUT2D eigenvalue weighted by atomic mass is 9.54. The minimum atomic E-state index is 0.239. The Morgan fingerprint density at radius 2 is 1.96 bits per heavy atom. The van der Waals surface area contributed by atoms with Crippen LogP contribution in [0.1, 0.15) is 57.4 Å². The predicted molar refractivity (Wildman–Crippen MR) is 111 cm³/mol. The number of hydrogen-bond donors (Lipinski definition) is 2. The molecule has 4 rings (SSSR count). The number of piperidine rings is 1. The number of nitrogens with zero attached hydrogens (tertiary/aromatic N) is 1. The van der Waals surface area contributed by atoms with E-state index in [2.05, 4.69) is 54.5 Å². The molecule has 0 amide bonds. The van der Waals surface area contributed by atoms with E-state index < -0.39 is 0 Å². The number of benzene rings is 1. The molecule has 1 aliphatic heterocycles. The summed E-state index contributed by atoms with van der Waals surface area (Å²) >= 11 is 0. The molecule has 1 aromatic carbocycles. The van der Waals surface area contributed by atoms with Gasteiger partial charge >= 0.3 is 0 Å². The number of unbranched alkanes of at least 4 members (excludes halogenated alkanes) is 1. The average molecular weight is 371 g/mol. The maximum absolute atomic E-state index is 9.35. The summed E-state index contributed by atoms with van der Waals surface area (Å²) in [5.74, 6) is 3.39. The third-order valence-corrected chi connectivity index (χ3v) is 8.01. The minimum absolute atomic E-state index is 0.239. The molecule has 2 bridgehead atoms. The Balaban J connectivity index is 1.57. The van der Waals surface area contributed by atoms with Crippen molar-refractivity contribution >= 4 is 0 Å². The van der Waals surface area contributed by atoms with Crippen molar-refractivity contribution in [1.29, 1.82) is 0 Å². The topological polar surface area (TPSA) is 35.5 Å². The molecule has 27 heavy (non-hydrogen) atoms. The molecule has 150 valence electrons. The molecule has 3 aliphatic rings. The van der Waals surface area contributed by atoms with Gasteiger partial charge in [-0.1, -0.05) is 37.3 Å². The van der Waals surface area contributed by atoms with Gasteiger partial charge in [-0.05, 0) is 81.2 Å². The van der Waals surface area contributed by atoms with Gasteiger partial charge in [-0.3, -0.25) is 0 Å². The summed E-state index contributed by atoms with van der Waals surface area (Å²) in [7, 11) is 2.37. The maximum atomic E-state index is 9.35. The highest BCUT2D eigenvalue weighted by Gasteiger charge is 2.54. The van der Waals surface area contributed by atoms with Gasteiger partial charge in [0, 0.05) is 31.3 Å². The zero-order chi connectivity index (χ0) is 18.9. The largest absolute Gasteiger partial charge is 0.396 e. The van der Waals surface area contributed by atoms with Crippen molar-refractivity contribution in [2.24, 2.45) is 23.7 Å². The predicted octanol–water partition coefficient (Wildman–Crippen LogP) is 4.06. The van der Waals surface area contributed by atoms with Gasteiger partial charge in [0.25, 0.3) is 0 Å². The number of fused-ring (bicyclic) bond motifs is 1. The van der Waals surface area contributed by atoms with E-state index in [0.717, 1.165) is 49.1 Å². The second-order valence-corrected chi connectivity index (χ2v) is 9.82. The summed E-state index contributed by atoms with van der Waals surface area (Å²) < 4.78 is 0. The summed E-state index contributed by atoms with van der Waals surface area (Å²) in [6.45, 7) is 5.00. The van der Waals surface area contributed by atoms with E-state index in [0.29, 0.717) is 6.61 Å². The third kappa shape index (κ3) is 3.97. The fourth-order valence-electron chi connectivity index (χ4n) is 6.74. The minimum Gasteiger partial charge on any atom is -0.396 e. The molecule has 2 N–H and O–H groups in total. The Bertz CT molecular complexity index is 606. The molecule has 3 nitrogen and oxygen atoms in total. The smallest absolute Gasteiger partial charge is 0.0431 e. The molecule has 1 saturated heterocycles. The molecule has 1 aromatic rings. The number of aliphatic hydroxyl groups is 1. The van der Waals surface area contributed by atoms with Crippen LogP contribution in [0.2, 0.25) is 0 Å². The first kappa shape index (κ1) is 19.4. The van der Waals surface area contributed by atoms with Gasteiger partial charge in [0.15, 0.2) is 0 Å². The van der Waals surface area contributed by atoms with Crippen LogP contribution >= 0.6 is 0 Å². The number of likely N-dealkylation sites (tertiary alicyclic amines) is 1. The Hall–Kier alpha value is -0.900. The van der Waals surface area contributed by atoms with E-state index in [-0.39, 0.29) is 5.54 Å². The van der Waals surface area contributed by atoms with Gasteiger partial charge in [-0.2, -0.15) is 0 Å². The van der Waals surface area contributed by atoms with E-state index in [1.54, 1.807) is 0 Å². The molecule has 4 unspecified atom stereocenters. The standard InChI is InChI=1S/C24H38N2O/c1-18-12-20-15-24(10-6-7-11-27,25-16-19-8-4-3-5-9-19)21-14-22(20)23(13-18)26(2)17-21/h3-5,8-9,18,20-23,25,27H,6-7,10-17H2,1-2H3/t18-,20-,21?,22?,23?,24?/m0/s1. The third-order valence-electron chi connectivity index (χ3n) is 8.01. The molecular weight excluding hydrogens is 332 g/mol. The highest BCUT2D eigenvalue weighted by molar-refractivity contribution is 5.16. The van der Waals surface area contributed by atoms with Crippen LogP contribution in [0.3, 0.4) is 0 Å². The normalized spacial score (nSPS) is 38.7. The van der Waals surface area contributed by atoms with Gasteiger partial charge < -0.3 is 15.3 Å². The zero-order valence-corrected chi connectivity index (χ0v) is 17.2. The van der Waals surface area contributed by atoms with Crippen LogP contribution in [0.15, 0.2) is 30.3 Å². The van der Waals surface area contributed by atoms with E-state index in [1.165, 1.54) is 44.2 Å². The Kier molecular flexibility index (Phi) is 5.92. The van der Waals surface area contributed by atoms with Crippen molar-refractivity contribution in [3.63, 3.8) is 0 Å². The summed E-state index contributed by atoms with van der Waals surface area (Å²) in [4.78, 5) is 2.70. The van der Waals surface area contributed by atoms with E-state index >= 15 is 0 Å². The van der Waals surface area contributed by atoms with E-state index in [1.807, 2.05) is 0 Å². The lowest BCUT2D eigenvalue weighted by Gasteiger charge is -2.61. The van der Waals surface area contributed by atoms with Crippen molar-refractivity contribution in [2.45, 2.75) is 70.0 Å². The first-order valence-electron chi connectivity index (χ1n) is 11.2. The number of hydrogen-bond acceptors (Lipinski definition) is 3. The molecule has 3 heteroatoms. The summed E-state index contributed by atoms with van der Waals surface area (Å²) in [5, 5.41) is 13.5. The Morgan fingerprint density at radius 3 is 2.74 bits per heavy atom. The highest BCUT2D eigenvalue weighted by Crippen LogP contribution is 2.54. The van der Waals surface area contributed by atoms with Crippen LogP contribution in [0.25, 0.3) is 0 Å². The van der Waals surface area contributed by atoms with Crippen molar-refractivity contribution < 1.29 is 5.11 Å². The molecule has 1 heterocycles. The summed E-state index contributed by atoms with van der Waals surface area (Å²) in [6, 6.07) is 11.7. The molecule has 2 aliphatic carbocycles. The first-order valence-corrected chi connectivity index (χ1v) is 11.2. The monoisotopic (exact) mass is 370 g/mol. The quantitative estimate of drug-likeness (QED) is 0.711. The van der Waals surface area contributed by atoms with Crippen LogP contribution in [0.4, 0.5) is 0 Å². The van der Waals surface area contributed by atoms with Gasteiger partial charge in [0.1, 0.15) is 0 Å². The molecule has 0 spiro atoms. The number of aliphatic hydroxyl groups excluding tert-OH is 1. The SMILES string of the molecule is C[C@@H]1CC2C3CC(CN2C)C(CCCCO)(NCc2ccccc2)C[C@@H]3C1. The summed E-state index contributed by atoms with van der Waals surface area (Å²) in [6.07, 6.45) is 8.85. The van der Waals surface area contributed by atoms with Crippen molar-refractivity contribution in [3.05, 3.63) is 35.9 Å². The van der Waals surface area contributed by atoms with Crippen molar-refractivity contribution in [2.75, 3.05) is 20.2 Å². The lowest BCUT2D eigenvalue weighted by molar-refractivity contribution is -0.0860. The fourth-order valence-corrected chi connectivity index (χ4v) is 6.74. The molecule has 0 radical (unpaired) electrons. The van der Waals surface area contributed by atoms with Gasteiger partial charge in [-0.25, -0.2) is 0 Å². The van der Waals surface area contributed by atoms with E-state index in [9.17, 15) is 5.11 Å². The maximum Gasteiger partial charge on any atom is 0.0431 e. The zero-order valence-electron chi connectivity index (χ0n) is 17.2. The molecule has 6 atom stereocenters. The van der Waals surface area contributed by atoms with Crippen LogP contribution in [0, 0.1) is 23.7 Å². The van der Waals surface area contributed by atoms with Crippen LogP contribution in [-0.2, 0) is 6.54 Å². The molecule has 0 aromatic heterocycles. The van der Waals surface area contributed by atoms with Gasteiger partial charge in [-0.15, -0.1) is 0 Å². The number of nitrogens with one attached hydrogen (secondary N) is 1. The van der Waals surface area contributed by atoms with Gasteiger partial charge in [0.05, 0.1) is 0 Å². The lowest BCUT2D eigenvalue weighted by Crippen LogP contribution is -2.66. The van der Waals surface area contributed by atoms with Crippen LogP contribution < -0.4 is 5.32 Å². The van der Waals surface area contributed by atoms with Gasteiger partial charge in [0.2, 0.25) is 0 Å². The molecule has 2 saturated carbocycles. The highest BCUT2D eigenvalue weighted by atomic mass is 16.2. The Morgan fingerprint density at radius 1 is 1.15 bits per heavy atom.